The van der Waals surface area contributed by atoms with Crippen LogP contribution in [0.3, 0.4) is 0 Å². The second-order valence-corrected chi connectivity index (χ2v) is 12.9. The fourth-order valence-electron chi connectivity index (χ4n) is 5.14. The van der Waals surface area contributed by atoms with E-state index in [2.05, 4.69) is 0 Å². The lowest BCUT2D eigenvalue weighted by molar-refractivity contribution is -0.237. The highest BCUT2D eigenvalue weighted by molar-refractivity contribution is 7.48. The van der Waals surface area contributed by atoms with Gasteiger partial charge in [-0.25, -0.2) is 4.57 Å². The number of rotatable bonds is 12. The van der Waals surface area contributed by atoms with E-state index < -0.39 is 7.82 Å². The van der Waals surface area contributed by atoms with E-state index in [0.717, 1.165) is 16.7 Å². The fraction of sp³-hybridized carbons (Fsp3) is 0.0769. The van der Waals surface area contributed by atoms with Crippen LogP contribution in [0.25, 0.3) is 33.4 Å². The van der Waals surface area contributed by atoms with Crippen molar-refractivity contribution < 1.29 is 48.6 Å². The number of hydrogen-bond acceptors (Lipinski definition) is 10. The van der Waals surface area contributed by atoms with Crippen LogP contribution in [0.1, 0.15) is 16.7 Å². The molecule has 0 atom stereocenters. The van der Waals surface area contributed by atoms with Gasteiger partial charge in [-0.2, -0.15) is 0 Å². The monoisotopic (exact) mass is 692 g/mol. The minimum absolute atomic E-state index is 0.0382. The second-order valence-electron chi connectivity index (χ2n) is 11.6. The molecule has 0 unspecified atom stereocenters. The molecule has 0 aromatic heterocycles. The maximum atomic E-state index is 14.3. The van der Waals surface area contributed by atoms with Crippen LogP contribution in [0, 0.1) is 20.8 Å². The van der Waals surface area contributed by atoms with Crippen LogP contribution in [-0.4, -0.2) is 15.3 Å². The Morgan fingerprint density at radius 3 is 1.00 bits per heavy atom. The maximum absolute atomic E-state index is 14.3. The molecule has 6 aromatic rings. The molecule has 0 saturated carbocycles. The molecule has 0 spiro atoms. The van der Waals surface area contributed by atoms with E-state index in [0.29, 0.717) is 33.4 Å². The number of benzene rings is 6. The van der Waals surface area contributed by atoms with Crippen molar-refractivity contribution in [2.75, 3.05) is 0 Å². The number of hydrogen-bond donors (Lipinski definition) is 3. The van der Waals surface area contributed by atoms with E-state index in [-0.39, 0.29) is 34.5 Å². The maximum Gasteiger partial charge on any atom is 0.583 e. The zero-order chi connectivity index (χ0) is 35.3. The number of phenols is 3. The molecule has 0 aliphatic carbocycles. The van der Waals surface area contributed by atoms with E-state index in [1.807, 2.05) is 20.8 Å². The van der Waals surface area contributed by atoms with Crippen LogP contribution < -0.4 is 14.7 Å². The number of phenolic OH excluding ortho intramolecular Hbond substituents is 3. The van der Waals surface area contributed by atoms with E-state index >= 15 is 0 Å². The summed E-state index contributed by atoms with van der Waals surface area (Å²) in [4.78, 5) is 16.8. The molecule has 0 amide bonds. The van der Waals surface area contributed by atoms with Crippen LogP contribution in [0.5, 0.6) is 34.5 Å². The zero-order valence-electron chi connectivity index (χ0n) is 27.3. The first-order valence-corrected chi connectivity index (χ1v) is 16.9. The first-order chi connectivity index (χ1) is 24.0. The van der Waals surface area contributed by atoms with Gasteiger partial charge in [0.15, 0.2) is 17.2 Å². The Morgan fingerprint density at radius 1 is 0.420 bits per heavy atom. The van der Waals surface area contributed by atoms with Crippen molar-refractivity contribution in [1.82, 2.24) is 0 Å². The Bertz CT molecular complexity index is 1950. The van der Waals surface area contributed by atoms with Gasteiger partial charge in [0.05, 0.1) is 0 Å². The van der Waals surface area contributed by atoms with Crippen LogP contribution in [0.15, 0.2) is 127 Å². The highest BCUT2D eigenvalue weighted by atomic mass is 31.2. The van der Waals surface area contributed by atoms with Crippen LogP contribution in [0.4, 0.5) is 0 Å². The smallest absolute Gasteiger partial charge is 0.508 e. The van der Waals surface area contributed by atoms with Gasteiger partial charge < -0.3 is 30.0 Å². The summed E-state index contributed by atoms with van der Waals surface area (Å²) in [6, 6.07) is 35.0. The minimum atomic E-state index is -4.93. The quantitative estimate of drug-likeness (QED) is 0.0646. The van der Waals surface area contributed by atoms with Crippen molar-refractivity contribution in [3.63, 3.8) is 0 Å². The van der Waals surface area contributed by atoms with Gasteiger partial charge >= 0.3 is 7.82 Å². The van der Waals surface area contributed by atoms with Gasteiger partial charge in [0.25, 0.3) is 0 Å². The molecule has 254 valence electrons. The SMILES string of the molecule is Cc1ccc(OOP(=O)(OOc2ccc(C)cc2-c2cccc(O)c2)OOc2ccc(C)cc2-c2cccc(O)c2)c(-c2cccc(O)c2)c1. The second kappa shape index (κ2) is 14.8. The van der Waals surface area contributed by atoms with Crippen molar-refractivity contribution in [2.24, 2.45) is 0 Å². The molecular weight excluding hydrogens is 659 g/mol. The molecule has 6 aromatic carbocycles. The van der Waals surface area contributed by atoms with Crippen molar-refractivity contribution in [1.29, 1.82) is 0 Å². The third-order valence-corrected chi connectivity index (χ3v) is 8.30. The predicted octanol–water partition coefficient (Wildman–Crippen LogP) is 10.2. The topological polar surface area (TPSA) is 133 Å². The summed E-state index contributed by atoms with van der Waals surface area (Å²) in [7, 11) is -4.93. The van der Waals surface area contributed by atoms with Gasteiger partial charge in [0, 0.05) is 16.7 Å². The number of phosphoric acid groups is 1. The highest BCUT2D eigenvalue weighted by Crippen LogP contribution is 2.52. The molecular formula is C39H33O10P. The first kappa shape index (κ1) is 34.1. The van der Waals surface area contributed by atoms with Gasteiger partial charge in [-0.15, -0.1) is 0 Å². The molecule has 6 rings (SSSR count). The Hall–Kier alpha value is -5.77. The molecule has 0 aliphatic rings. The summed E-state index contributed by atoms with van der Waals surface area (Å²) in [6.45, 7) is 5.65. The van der Waals surface area contributed by atoms with E-state index in [9.17, 15) is 19.9 Å². The summed E-state index contributed by atoms with van der Waals surface area (Å²) in [6.07, 6.45) is 0. The zero-order valence-corrected chi connectivity index (χ0v) is 28.2. The molecule has 10 nitrogen and oxygen atoms in total. The summed E-state index contributed by atoms with van der Waals surface area (Å²) in [5.74, 6) is 0.490. The normalized spacial score (nSPS) is 11.3. The number of aromatic hydroxyl groups is 3. The van der Waals surface area contributed by atoms with Gasteiger partial charge in [0.1, 0.15) is 17.2 Å². The molecule has 0 aliphatic heterocycles. The minimum Gasteiger partial charge on any atom is -0.508 e. The van der Waals surface area contributed by atoms with Gasteiger partial charge in [0.2, 0.25) is 0 Å². The summed E-state index contributed by atoms with van der Waals surface area (Å²) < 4.78 is 30.4. The standard InChI is InChI=1S/C39H33O10P/c1-25-13-16-37(34(19-25)28-7-4-10-31(40)22-28)44-47-50(43,48-45-38-17-14-26(2)20-35(38)29-8-5-11-32(41)23-29)49-46-39-18-15-27(3)21-36(39)30-9-6-12-33(42)24-30/h4-24,40-42H,1-3H3. The molecule has 11 heteroatoms. The van der Waals surface area contributed by atoms with Crippen LogP contribution >= 0.6 is 7.82 Å². The predicted molar refractivity (Wildman–Crippen MR) is 188 cm³/mol. The van der Waals surface area contributed by atoms with E-state index in [1.54, 1.807) is 109 Å². The summed E-state index contributed by atoms with van der Waals surface area (Å²) in [5.41, 5.74) is 6.00. The lowest BCUT2D eigenvalue weighted by Crippen LogP contribution is -2.09. The molecule has 0 heterocycles. The van der Waals surface area contributed by atoms with E-state index in [4.69, 9.17) is 28.7 Å². The largest absolute Gasteiger partial charge is 0.583 e. The van der Waals surface area contributed by atoms with Gasteiger partial charge in [-0.3, -0.25) is 0 Å². The Balaban J connectivity index is 1.33. The molecule has 3 N–H and O–H groups in total. The van der Waals surface area contributed by atoms with Crippen molar-refractivity contribution in [3.8, 4) is 67.9 Å². The molecule has 0 fully saturated rings. The summed E-state index contributed by atoms with van der Waals surface area (Å²) >= 11 is 0. The third-order valence-electron chi connectivity index (χ3n) is 7.53. The molecule has 0 bridgehead atoms. The van der Waals surface area contributed by atoms with Crippen molar-refractivity contribution in [3.05, 3.63) is 144 Å². The Kier molecular flexibility index (Phi) is 10.1. The van der Waals surface area contributed by atoms with Crippen molar-refractivity contribution >= 4 is 7.82 Å². The van der Waals surface area contributed by atoms with Gasteiger partial charge in [-0.05, 0) is 110 Å². The Morgan fingerprint density at radius 2 is 0.720 bits per heavy atom. The average molecular weight is 693 g/mol. The Labute approximate surface area is 288 Å². The lowest BCUT2D eigenvalue weighted by Gasteiger charge is -2.18. The third kappa shape index (κ3) is 8.26. The van der Waals surface area contributed by atoms with Crippen molar-refractivity contribution in [2.45, 2.75) is 20.8 Å². The van der Waals surface area contributed by atoms with Gasteiger partial charge in [-0.1, -0.05) is 85.3 Å². The lowest BCUT2D eigenvalue weighted by atomic mass is 10.0. The molecule has 0 saturated heterocycles. The van der Waals surface area contributed by atoms with E-state index in [1.165, 1.54) is 18.2 Å². The van der Waals surface area contributed by atoms with Crippen LogP contribution in [0.2, 0.25) is 0 Å². The van der Waals surface area contributed by atoms with Crippen LogP contribution in [-0.2, 0) is 18.6 Å². The number of aryl methyl sites for hydroxylation is 3. The average Bonchev–Trinajstić information content (AvgIpc) is 3.10. The molecule has 0 radical (unpaired) electrons. The highest BCUT2D eigenvalue weighted by Gasteiger charge is 2.36. The summed E-state index contributed by atoms with van der Waals surface area (Å²) in [5, 5.41) is 30.3. The molecule has 50 heavy (non-hydrogen) atoms. The first-order valence-electron chi connectivity index (χ1n) is 15.4. The fourth-order valence-corrected chi connectivity index (χ4v) is 5.73.